The summed E-state index contributed by atoms with van der Waals surface area (Å²) in [4.78, 5) is 4.15. The van der Waals surface area contributed by atoms with Crippen LogP contribution in [0.3, 0.4) is 0 Å². The molecule has 4 heteroatoms. The molecule has 0 saturated heterocycles. The number of pyridine rings is 1. The normalized spacial score (nSPS) is 16.2. The van der Waals surface area contributed by atoms with Crippen LogP contribution in [0.15, 0.2) is 43.0 Å². The van der Waals surface area contributed by atoms with Gasteiger partial charge in [-0.2, -0.15) is 5.10 Å². The summed E-state index contributed by atoms with van der Waals surface area (Å²) in [5.41, 5.74) is 1.21. The number of aromatic nitrogens is 3. The Labute approximate surface area is 108 Å². The van der Waals surface area contributed by atoms with Crippen molar-refractivity contribution in [3.8, 4) is 0 Å². The van der Waals surface area contributed by atoms with E-state index in [1.165, 1.54) is 5.56 Å². The van der Waals surface area contributed by atoms with Gasteiger partial charge >= 0.3 is 0 Å². The summed E-state index contributed by atoms with van der Waals surface area (Å²) in [5, 5.41) is 7.86. The van der Waals surface area contributed by atoms with E-state index in [0.717, 1.165) is 0 Å². The first kappa shape index (κ1) is 12.8. The number of nitrogens with zero attached hydrogens (tertiary/aromatic N) is 3. The summed E-state index contributed by atoms with van der Waals surface area (Å²) in [7, 11) is 0. The fourth-order valence-corrected chi connectivity index (χ4v) is 2.01. The fourth-order valence-electron chi connectivity index (χ4n) is 2.01. The van der Waals surface area contributed by atoms with Crippen LogP contribution >= 0.6 is 0 Å². The molecule has 3 atom stereocenters. The first-order valence-corrected chi connectivity index (χ1v) is 6.33. The predicted molar refractivity (Wildman–Crippen MR) is 72.2 cm³/mol. The van der Waals surface area contributed by atoms with Gasteiger partial charge < -0.3 is 5.32 Å². The number of hydrogen-bond acceptors (Lipinski definition) is 3. The summed E-state index contributed by atoms with van der Waals surface area (Å²) in [6.45, 7) is 6.50. The predicted octanol–water partition coefficient (Wildman–Crippen LogP) is 2.58. The lowest BCUT2D eigenvalue weighted by Gasteiger charge is -2.25. The van der Waals surface area contributed by atoms with Crippen molar-refractivity contribution in [3.05, 3.63) is 48.5 Å². The zero-order chi connectivity index (χ0) is 13.0. The molecule has 0 amide bonds. The first-order chi connectivity index (χ1) is 8.68. The Bertz CT molecular complexity index is 452. The molecule has 0 radical (unpaired) electrons. The van der Waals surface area contributed by atoms with Gasteiger partial charge in [0.1, 0.15) is 0 Å². The van der Waals surface area contributed by atoms with Crippen molar-refractivity contribution in [2.24, 2.45) is 0 Å². The molecule has 0 aliphatic carbocycles. The second-order valence-electron chi connectivity index (χ2n) is 4.69. The van der Waals surface area contributed by atoms with Gasteiger partial charge in [-0.3, -0.25) is 9.67 Å². The topological polar surface area (TPSA) is 42.7 Å². The van der Waals surface area contributed by atoms with Crippen molar-refractivity contribution in [3.63, 3.8) is 0 Å². The Kier molecular flexibility index (Phi) is 4.10. The maximum Gasteiger partial charge on any atom is 0.0641 e. The second kappa shape index (κ2) is 5.78. The summed E-state index contributed by atoms with van der Waals surface area (Å²) < 4.78 is 1.98. The molecule has 2 aromatic rings. The largest absolute Gasteiger partial charge is 0.306 e. The molecule has 3 unspecified atom stereocenters. The molecule has 0 saturated carbocycles. The van der Waals surface area contributed by atoms with E-state index in [-0.39, 0.29) is 6.04 Å². The minimum Gasteiger partial charge on any atom is -0.306 e. The molecule has 0 spiro atoms. The molecule has 0 fully saturated rings. The average Bonchev–Trinajstić information content (AvgIpc) is 2.92. The highest BCUT2D eigenvalue weighted by atomic mass is 15.3. The maximum absolute atomic E-state index is 4.28. The van der Waals surface area contributed by atoms with Crippen LogP contribution in [0.2, 0.25) is 0 Å². The van der Waals surface area contributed by atoms with Crippen LogP contribution in [-0.4, -0.2) is 20.8 Å². The van der Waals surface area contributed by atoms with E-state index in [1.807, 2.05) is 35.4 Å². The number of rotatable bonds is 5. The van der Waals surface area contributed by atoms with Gasteiger partial charge in [0.25, 0.3) is 0 Å². The van der Waals surface area contributed by atoms with Crippen LogP contribution in [0.4, 0.5) is 0 Å². The maximum atomic E-state index is 4.28. The lowest BCUT2D eigenvalue weighted by molar-refractivity contribution is 0.342. The van der Waals surface area contributed by atoms with E-state index in [1.54, 1.807) is 6.20 Å². The van der Waals surface area contributed by atoms with Gasteiger partial charge in [0.15, 0.2) is 0 Å². The minimum atomic E-state index is 0.284. The molecule has 0 aliphatic heterocycles. The molecular formula is C14H20N4. The average molecular weight is 244 g/mol. The van der Waals surface area contributed by atoms with Gasteiger partial charge in [0.05, 0.1) is 6.04 Å². The monoisotopic (exact) mass is 244 g/mol. The van der Waals surface area contributed by atoms with Gasteiger partial charge in [-0.05, 0) is 38.5 Å². The quantitative estimate of drug-likeness (QED) is 0.879. The number of nitrogens with one attached hydrogen (secondary N) is 1. The molecule has 2 aromatic heterocycles. The van der Waals surface area contributed by atoms with Gasteiger partial charge in [0.2, 0.25) is 0 Å². The van der Waals surface area contributed by atoms with Gasteiger partial charge in [-0.1, -0.05) is 6.07 Å². The second-order valence-corrected chi connectivity index (χ2v) is 4.69. The van der Waals surface area contributed by atoms with Gasteiger partial charge in [0, 0.05) is 36.9 Å². The fraction of sp³-hybridized carbons (Fsp3) is 0.429. The molecule has 4 nitrogen and oxygen atoms in total. The third-order valence-corrected chi connectivity index (χ3v) is 3.36. The molecule has 1 N–H and O–H groups in total. The van der Waals surface area contributed by atoms with Crippen LogP contribution in [0.1, 0.15) is 38.4 Å². The van der Waals surface area contributed by atoms with Crippen molar-refractivity contribution in [2.45, 2.75) is 38.9 Å². The molecule has 2 heterocycles. The Hall–Kier alpha value is -1.68. The lowest BCUT2D eigenvalue weighted by atomic mass is 10.1. The van der Waals surface area contributed by atoms with Crippen molar-refractivity contribution in [1.29, 1.82) is 0 Å². The highest BCUT2D eigenvalue weighted by Gasteiger charge is 2.16. The third-order valence-electron chi connectivity index (χ3n) is 3.36. The Morgan fingerprint density at radius 1 is 1.17 bits per heavy atom. The molecular weight excluding hydrogens is 224 g/mol. The van der Waals surface area contributed by atoms with E-state index < -0.39 is 0 Å². The Morgan fingerprint density at radius 2 is 2.00 bits per heavy atom. The smallest absolute Gasteiger partial charge is 0.0641 e. The van der Waals surface area contributed by atoms with Gasteiger partial charge in [-0.15, -0.1) is 0 Å². The number of hydrogen-bond donors (Lipinski definition) is 1. The van der Waals surface area contributed by atoms with Crippen LogP contribution in [0, 0.1) is 0 Å². The first-order valence-electron chi connectivity index (χ1n) is 6.33. The highest BCUT2D eigenvalue weighted by Crippen LogP contribution is 2.15. The third kappa shape index (κ3) is 2.96. The van der Waals surface area contributed by atoms with Crippen LogP contribution in [0.5, 0.6) is 0 Å². The molecule has 0 aliphatic rings. The van der Waals surface area contributed by atoms with E-state index in [4.69, 9.17) is 0 Å². The molecule has 96 valence electrons. The van der Waals surface area contributed by atoms with Crippen LogP contribution in [0.25, 0.3) is 0 Å². The molecule has 0 aromatic carbocycles. The SMILES string of the molecule is CC(NC(C)C(C)n1cccn1)c1cccnc1. The van der Waals surface area contributed by atoms with E-state index in [0.29, 0.717) is 12.1 Å². The van der Waals surface area contributed by atoms with Crippen LogP contribution < -0.4 is 5.32 Å². The Balaban J connectivity index is 1.97. The van der Waals surface area contributed by atoms with Crippen LogP contribution in [-0.2, 0) is 0 Å². The summed E-state index contributed by atoms with van der Waals surface area (Å²) in [6.07, 6.45) is 7.51. The standard InChI is InChI=1S/C14H20N4/c1-11(13(3)18-9-5-8-16-18)17-12(2)14-6-4-7-15-10-14/h4-13,17H,1-3H3. The zero-order valence-corrected chi connectivity index (χ0v) is 11.1. The minimum absolute atomic E-state index is 0.284. The molecule has 0 bridgehead atoms. The summed E-state index contributed by atoms with van der Waals surface area (Å²) >= 11 is 0. The van der Waals surface area contributed by atoms with Crippen molar-refractivity contribution >= 4 is 0 Å². The summed E-state index contributed by atoms with van der Waals surface area (Å²) in [5.74, 6) is 0. The van der Waals surface area contributed by atoms with Crippen molar-refractivity contribution in [1.82, 2.24) is 20.1 Å². The molecule has 2 rings (SSSR count). The van der Waals surface area contributed by atoms with Crippen molar-refractivity contribution in [2.75, 3.05) is 0 Å². The Morgan fingerprint density at radius 3 is 2.61 bits per heavy atom. The highest BCUT2D eigenvalue weighted by molar-refractivity contribution is 5.13. The van der Waals surface area contributed by atoms with Gasteiger partial charge in [-0.25, -0.2) is 0 Å². The van der Waals surface area contributed by atoms with Crippen molar-refractivity contribution < 1.29 is 0 Å². The van der Waals surface area contributed by atoms with E-state index >= 15 is 0 Å². The van der Waals surface area contributed by atoms with E-state index in [9.17, 15) is 0 Å². The lowest BCUT2D eigenvalue weighted by Crippen LogP contribution is -2.35. The van der Waals surface area contributed by atoms with E-state index in [2.05, 4.69) is 42.2 Å². The zero-order valence-electron chi connectivity index (χ0n) is 11.1. The summed E-state index contributed by atoms with van der Waals surface area (Å²) in [6, 6.07) is 6.95. The molecule has 18 heavy (non-hydrogen) atoms.